The number of halogens is 1. The topological polar surface area (TPSA) is 55.4 Å². The Morgan fingerprint density at radius 3 is 2.65 bits per heavy atom. The van der Waals surface area contributed by atoms with Gasteiger partial charge in [-0.25, -0.2) is 0 Å². The van der Waals surface area contributed by atoms with E-state index in [1.807, 2.05) is 11.4 Å². The number of hydrogen-bond acceptors (Lipinski definition) is 4. The van der Waals surface area contributed by atoms with Crippen LogP contribution in [0.3, 0.4) is 0 Å². The Hall–Kier alpha value is -1.33. The highest BCUT2D eigenvalue weighted by Gasteiger charge is 2.17. The quantitative estimate of drug-likeness (QED) is 0.507. The lowest BCUT2D eigenvalue weighted by molar-refractivity contribution is -0.117. The number of Topliss-reactive ketones (excluding diaryl/α,β-unsaturated/α-hetero) is 1. The van der Waals surface area contributed by atoms with Crippen LogP contribution in [0.4, 0.5) is 0 Å². The van der Waals surface area contributed by atoms with E-state index in [1.54, 1.807) is 6.07 Å². The zero-order valence-corrected chi connectivity index (χ0v) is 11.0. The van der Waals surface area contributed by atoms with E-state index in [4.69, 9.17) is 16.3 Å². The van der Waals surface area contributed by atoms with E-state index in [9.17, 15) is 9.59 Å². The predicted molar refractivity (Wildman–Crippen MR) is 67.8 cm³/mol. The van der Waals surface area contributed by atoms with Gasteiger partial charge in [-0.3, -0.25) is 9.59 Å². The summed E-state index contributed by atoms with van der Waals surface area (Å²) in [6.07, 6.45) is 0. The van der Waals surface area contributed by atoms with E-state index in [-0.39, 0.29) is 23.3 Å². The minimum atomic E-state index is -0.383. The van der Waals surface area contributed by atoms with Crippen molar-refractivity contribution in [2.45, 2.75) is 6.92 Å². The molecule has 0 radical (unpaired) electrons. The lowest BCUT2D eigenvalue weighted by Crippen LogP contribution is -2.25. The standard InChI is InChI=1S/C11H12ClNO3S/c1-7(14)11(16-2)10(13-9(15)6-12)8-4-3-5-17-8/h3-5H,6H2,1-2H3,(H,13,15)/b11-10+. The minimum absolute atomic E-state index is 0.117. The van der Waals surface area contributed by atoms with Crippen LogP contribution in [0.5, 0.6) is 0 Å². The molecule has 0 atom stereocenters. The number of thiophene rings is 1. The molecule has 92 valence electrons. The van der Waals surface area contributed by atoms with Crippen molar-refractivity contribution in [2.75, 3.05) is 13.0 Å². The van der Waals surface area contributed by atoms with E-state index in [2.05, 4.69) is 5.32 Å². The van der Waals surface area contributed by atoms with Crippen molar-refractivity contribution < 1.29 is 14.3 Å². The van der Waals surface area contributed by atoms with Crippen LogP contribution in [-0.4, -0.2) is 24.7 Å². The SMILES string of the molecule is CO/C(C(C)=O)=C(/NC(=O)CCl)c1cccs1. The number of hydrogen-bond donors (Lipinski definition) is 1. The summed E-state index contributed by atoms with van der Waals surface area (Å²) in [7, 11) is 1.39. The average Bonchev–Trinajstić information content (AvgIpc) is 2.81. The molecule has 6 heteroatoms. The van der Waals surface area contributed by atoms with Crippen molar-refractivity contribution in [3.8, 4) is 0 Å². The molecule has 0 saturated carbocycles. The van der Waals surface area contributed by atoms with Gasteiger partial charge in [0, 0.05) is 6.92 Å². The molecule has 1 amide bonds. The molecule has 1 N–H and O–H groups in total. The van der Waals surface area contributed by atoms with Gasteiger partial charge in [-0.05, 0) is 11.4 Å². The summed E-state index contributed by atoms with van der Waals surface area (Å²) >= 11 is 6.82. The third kappa shape index (κ3) is 3.57. The summed E-state index contributed by atoms with van der Waals surface area (Å²) in [4.78, 5) is 23.5. The fourth-order valence-electron chi connectivity index (χ4n) is 1.25. The van der Waals surface area contributed by atoms with E-state index >= 15 is 0 Å². The van der Waals surface area contributed by atoms with Gasteiger partial charge in [-0.1, -0.05) is 6.07 Å². The molecule has 0 aromatic carbocycles. The summed E-state index contributed by atoms with van der Waals surface area (Å²) < 4.78 is 5.02. The monoisotopic (exact) mass is 273 g/mol. The number of amides is 1. The van der Waals surface area contributed by atoms with E-state index < -0.39 is 0 Å². The first-order valence-corrected chi connectivity index (χ1v) is 6.20. The van der Waals surface area contributed by atoms with Crippen LogP contribution in [0.15, 0.2) is 23.3 Å². The maximum atomic E-state index is 11.4. The van der Waals surface area contributed by atoms with Crippen molar-refractivity contribution in [3.63, 3.8) is 0 Å². The highest BCUT2D eigenvalue weighted by atomic mass is 35.5. The summed E-state index contributed by atoms with van der Waals surface area (Å²) in [6, 6.07) is 3.61. The van der Waals surface area contributed by atoms with Crippen LogP contribution in [-0.2, 0) is 14.3 Å². The summed E-state index contributed by atoms with van der Waals surface area (Å²) in [6.45, 7) is 1.37. The number of allylic oxidation sites excluding steroid dienone is 1. The Morgan fingerprint density at radius 2 is 2.24 bits per heavy atom. The van der Waals surface area contributed by atoms with Gasteiger partial charge in [0.25, 0.3) is 0 Å². The number of methoxy groups -OCH3 is 1. The zero-order chi connectivity index (χ0) is 12.8. The first-order valence-electron chi connectivity index (χ1n) is 4.79. The molecule has 1 aromatic rings. The van der Waals surface area contributed by atoms with Gasteiger partial charge in [0.05, 0.1) is 12.0 Å². The van der Waals surface area contributed by atoms with Crippen LogP contribution in [0, 0.1) is 0 Å². The number of rotatable bonds is 5. The Balaban J connectivity index is 3.18. The number of alkyl halides is 1. The van der Waals surface area contributed by atoms with Crippen LogP contribution >= 0.6 is 22.9 Å². The molecule has 1 heterocycles. The Morgan fingerprint density at radius 1 is 1.53 bits per heavy atom. The number of nitrogens with one attached hydrogen (secondary N) is 1. The Bertz CT molecular complexity index is 440. The van der Waals surface area contributed by atoms with Gasteiger partial charge in [0.15, 0.2) is 11.5 Å². The van der Waals surface area contributed by atoms with Gasteiger partial charge in [-0.15, -0.1) is 22.9 Å². The van der Waals surface area contributed by atoms with E-state index in [0.29, 0.717) is 5.70 Å². The maximum Gasteiger partial charge on any atom is 0.239 e. The second-order valence-corrected chi connectivity index (χ2v) is 4.34. The zero-order valence-electron chi connectivity index (χ0n) is 9.45. The summed E-state index contributed by atoms with van der Waals surface area (Å²) in [5.74, 6) is -0.702. The first-order chi connectivity index (χ1) is 8.10. The van der Waals surface area contributed by atoms with Crippen molar-refractivity contribution in [1.29, 1.82) is 0 Å². The van der Waals surface area contributed by atoms with Gasteiger partial charge in [0.1, 0.15) is 11.6 Å². The largest absolute Gasteiger partial charge is 0.491 e. The molecular formula is C11H12ClNO3S. The van der Waals surface area contributed by atoms with Crippen LogP contribution < -0.4 is 5.32 Å². The Kier molecular flexibility index (Phi) is 5.18. The van der Waals surface area contributed by atoms with Gasteiger partial charge >= 0.3 is 0 Å². The number of ether oxygens (including phenoxy) is 1. The molecule has 0 bridgehead atoms. The number of carbonyl (C=O) groups excluding carboxylic acids is 2. The first kappa shape index (κ1) is 13.7. The lowest BCUT2D eigenvalue weighted by Gasteiger charge is -2.11. The van der Waals surface area contributed by atoms with Crippen LogP contribution in [0.25, 0.3) is 5.70 Å². The van der Waals surface area contributed by atoms with Crippen molar-refractivity contribution in [1.82, 2.24) is 5.32 Å². The molecule has 0 aliphatic carbocycles. The average molecular weight is 274 g/mol. The smallest absolute Gasteiger partial charge is 0.239 e. The van der Waals surface area contributed by atoms with Gasteiger partial charge in [-0.2, -0.15) is 0 Å². The maximum absolute atomic E-state index is 11.4. The minimum Gasteiger partial charge on any atom is -0.491 e. The van der Waals surface area contributed by atoms with E-state index in [1.165, 1.54) is 25.4 Å². The fraction of sp³-hybridized carbons (Fsp3) is 0.273. The fourth-order valence-corrected chi connectivity index (χ4v) is 2.03. The molecule has 0 aliphatic rings. The van der Waals surface area contributed by atoms with E-state index in [0.717, 1.165) is 4.88 Å². The van der Waals surface area contributed by atoms with Crippen molar-refractivity contribution in [3.05, 3.63) is 28.1 Å². The molecule has 4 nitrogen and oxygen atoms in total. The molecule has 0 aliphatic heterocycles. The Labute approximate surface area is 108 Å². The third-order valence-corrected chi connectivity index (χ3v) is 3.03. The second kappa shape index (κ2) is 6.42. The van der Waals surface area contributed by atoms with Gasteiger partial charge < -0.3 is 10.1 Å². The number of ketones is 1. The molecule has 0 fully saturated rings. The molecule has 17 heavy (non-hydrogen) atoms. The highest BCUT2D eigenvalue weighted by molar-refractivity contribution is 7.11. The van der Waals surface area contributed by atoms with Gasteiger partial charge in [0.2, 0.25) is 5.91 Å². The highest BCUT2D eigenvalue weighted by Crippen LogP contribution is 2.22. The molecule has 0 saturated heterocycles. The summed E-state index contributed by atoms with van der Waals surface area (Å²) in [5, 5.41) is 4.42. The van der Waals surface area contributed by atoms with Crippen LogP contribution in [0.2, 0.25) is 0 Å². The lowest BCUT2D eigenvalue weighted by atomic mass is 10.2. The number of carbonyl (C=O) groups is 2. The molecule has 1 aromatic heterocycles. The molecular weight excluding hydrogens is 262 g/mol. The molecule has 0 unspecified atom stereocenters. The summed E-state index contributed by atoms with van der Waals surface area (Å²) in [5.41, 5.74) is 0.362. The third-order valence-electron chi connectivity index (χ3n) is 1.90. The van der Waals surface area contributed by atoms with Crippen molar-refractivity contribution in [2.24, 2.45) is 0 Å². The van der Waals surface area contributed by atoms with Crippen LogP contribution in [0.1, 0.15) is 11.8 Å². The molecule has 0 spiro atoms. The second-order valence-electron chi connectivity index (χ2n) is 3.12. The molecule has 1 rings (SSSR count). The predicted octanol–water partition coefficient (Wildman–Crippen LogP) is 2.01. The normalized spacial score (nSPS) is 11.7. The van der Waals surface area contributed by atoms with Crippen molar-refractivity contribution >= 4 is 40.3 Å².